The summed E-state index contributed by atoms with van der Waals surface area (Å²) in [5, 5.41) is 7.91. The van der Waals surface area contributed by atoms with Crippen molar-refractivity contribution in [2.75, 3.05) is 6.54 Å². The number of nitrogens with zero attached hydrogens (tertiary/aromatic N) is 1. The number of hydrogen-bond donors (Lipinski definition) is 1. The molecular formula is C27H40F2N2. The molecule has 0 radical (unpaired) electrons. The normalized spacial score (nSPS) is 13.1. The van der Waals surface area contributed by atoms with E-state index in [9.17, 15) is 8.78 Å². The number of rotatable bonds is 14. The van der Waals surface area contributed by atoms with Crippen LogP contribution < -0.4 is 0 Å². The molecule has 1 unspecified atom stereocenters. The highest BCUT2D eigenvalue weighted by molar-refractivity contribution is 5.66. The summed E-state index contributed by atoms with van der Waals surface area (Å²) >= 11 is 0. The lowest BCUT2D eigenvalue weighted by Crippen LogP contribution is -2.36. The Balaban J connectivity index is 2.91. The van der Waals surface area contributed by atoms with Crippen molar-refractivity contribution in [1.29, 1.82) is 5.41 Å². The molecule has 0 saturated heterocycles. The van der Waals surface area contributed by atoms with E-state index < -0.39 is 11.6 Å². The minimum atomic E-state index is -0.567. The van der Waals surface area contributed by atoms with Crippen molar-refractivity contribution in [2.24, 2.45) is 11.3 Å². The number of allylic oxidation sites excluding steroid dienone is 4. The number of unbranched alkanes of at least 4 members (excludes halogenated alkanes) is 2. The second-order valence-electron chi connectivity index (χ2n) is 9.01. The van der Waals surface area contributed by atoms with Crippen LogP contribution in [-0.2, 0) is 0 Å². The van der Waals surface area contributed by atoms with Gasteiger partial charge in [-0.05, 0) is 63.2 Å². The fourth-order valence-corrected chi connectivity index (χ4v) is 4.08. The van der Waals surface area contributed by atoms with Crippen LogP contribution in [0, 0.1) is 28.4 Å². The molecule has 1 atom stereocenters. The molecule has 2 nitrogen and oxygen atoms in total. The van der Waals surface area contributed by atoms with Crippen molar-refractivity contribution in [1.82, 2.24) is 4.90 Å². The molecule has 1 N–H and O–H groups in total. The molecule has 0 saturated carbocycles. The van der Waals surface area contributed by atoms with Crippen molar-refractivity contribution in [3.05, 3.63) is 65.9 Å². The first-order valence-electron chi connectivity index (χ1n) is 11.3. The fourth-order valence-electron chi connectivity index (χ4n) is 4.08. The van der Waals surface area contributed by atoms with Gasteiger partial charge in [-0.1, -0.05) is 51.8 Å². The van der Waals surface area contributed by atoms with Crippen LogP contribution >= 0.6 is 0 Å². The molecule has 0 fully saturated rings. The summed E-state index contributed by atoms with van der Waals surface area (Å²) in [7, 11) is 0. The summed E-state index contributed by atoms with van der Waals surface area (Å²) in [6, 6.07) is 3.76. The van der Waals surface area contributed by atoms with Gasteiger partial charge in [-0.15, -0.1) is 6.58 Å². The molecule has 1 aromatic rings. The summed E-state index contributed by atoms with van der Waals surface area (Å²) in [4.78, 5) is 1.94. The van der Waals surface area contributed by atoms with Crippen LogP contribution in [0.3, 0.4) is 0 Å². The van der Waals surface area contributed by atoms with Crippen molar-refractivity contribution in [2.45, 2.75) is 73.1 Å². The zero-order valence-corrected chi connectivity index (χ0v) is 20.0. The van der Waals surface area contributed by atoms with E-state index in [0.29, 0.717) is 12.0 Å². The van der Waals surface area contributed by atoms with Gasteiger partial charge in [-0.3, -0.25) is 5.41 Å². The molecule has 1 rings (SSSR count). The standard InChI is InChI=1S/C27H40F2N2/c1-8-22(25-15-14-24(28)18-26(25)29)17-23(9-2)27(6,7)21(5)31(19-30)16-12-10-11-13-20(3)4/h8,14-15,18-19,23,30H,3,5,9-13,16-17H2,1-2,4,6-7H3/b22-8+,30-19?. The molecule has 31 heavy (non-hydrogen) atoms. The summed E-state index contributed by atoms with van der Waals surface area (Å²) in [5.74, 6) is -0.903. The molecule has 0 bridgehead atoms. The van der Waals surface area contributed by atoms with Crippen LogP contribution in [0.25, 0.3) is 5.57 Å². The van der Waals surface area contributed by atoms with E-state index in [0.717, 1.165) is 56.0 Å². The molecule has 0 heterocycles. The largest absolute Gasteiger partial charge is 0.337 e. The Hall–Kier alpha value is -2.23. The van der Waals surface area contributed by atoms with Crippen LogP contribution in [0.2, 0.25) is 0 Å². The monoisotopic (exact) mass is 430 g/mol. The number of benzene rings is 1. The van der Waals surface area contributed by atoms with E-state index in [4.69, 9.17) is 5.41 Å². The molecule has 0 aromatic heterocycles. The first kappa shape index (κ1) is 26.8. The zero-order chi connectivity index (χ0) is 23.6. The highest BCUT2D eigenvalue weighted by Gasteiger charge is 2.34. The number of halogens is 2. The van der Waals surface area contributed by atoms with Crippen LogP contribution in [-0.4, -0.2) is 17.8 Å². The quantitative estimate of drug-likeness (QED) is 0.136. The topological polar surface area (TPSA) is 27.1 Å². The first-order valence-corrected chi connectivity index (χ1v) is 11.3. The second kappa shape index (κ2) is 12.6. The Morgan fingerprint density at radius 3 is 2.39 bits per heavy atom. The average Bonchev–Trinajstić information content (AvgIpc) is 2.71. The summed E-state index contributed by atoms with van der Waals surface area (Å²) in [5.41, 5.74) is 3.15. The average molecular weight is 431 g/mol. The van der Waals surface area contributed by atoms with Gasteiger partial charge in [0.1, 0.15) is 11.6 Å². The number of hydrogen-bond acceptors (Lipinski definition) is 1. The Kier molecular flexibility index (Phi) is 10.9. The molecule has 0 aliphatic rings. The number of nitrogens with one attached hydrogen (secondary N) is 1. The van der Waals surface area contributed by atoms with Crippen molar-refractivity contribution < 1.29 is 8.78 Å². The van der Waals surface area contributed by atoms with Crippen LogP contribution in [0.1, 0.15) is 78.7 Å². The van der Waals surface area contributed by atoms with Crippen molar-refractivity contribution in [3.63, 3.8) is 0 Å². The highest BCUT2D eigenvalue weighted by atomic mass is 19.1. The van der Waals surface area contributed by atoms with Gasteiger partial charge >= 0.3 is 0 Å². The van der Waals surface area contributed by atoms with Gasteiger partial charge in [-0.2, -0.15) is 0 Å². The highest BCUT2D eigenvalue weighted by Crippen LogP contribution is 2.42. The predicted octanol–water partition coefficient (Wildman–Crippen LogP) is 8.37. The molecule has 1 aromatic carbocycles. The Morgan fingerprint density at radius 2 is 1.87 bits per heavy atom. The molecule has 0 amide bonds. The van der Waals surface area contributed by atoms with Gasteiger partial charge in [0.25, 0.3) is 0 Å². The maximum absolute atomic E-state index is 14.4. The maximum atomic E-state index is 14.4. The lowest BCUT2D eigenvalue weighted by atomic mass is 9.71. The van der Waals surface area contributed by atoms with Crippen molar-refractivity contribution >= 4 is 11.9 Å². The molecule has 0 aliphatic heterocycles. The van der Waals surface area contributed by atoms with Gasteiger partial charge in [0.2, 0.25) is 0 Å². The predicted molar refractivity (Wildman–Crippen MR) is 130 cm³/mol. The minimum Gasteiger partial charge on any atom is -0.337 e. The smallest absolute Gasteiger partial charge is 0.133 e. The van der Waals surface area contributed by atoms with Crippen LogP contribution in [0.5, 0.6) is 0 Å². The summed E-state index contributed by atoms with van der Waals surface area (Å²) < 4.78 is 27.7. The Bertz CT molecular complexity index is 792. The lowest BCUT2D eigenvalue weighted by Gasteiger charge is -2.40. The van der Waals surface area contributed by atoms with E-state index in [-0.39, 0.29) is 11.3 Å². The zero-order valence-electron chi connectivity index (χ0n) is 20.0. The van der Waals surface area contributed by atoms with Gasteiger partial charge in [0.15, 0.2) is 0 Å². The molecule has 172 valence electrons. The van der Waals surface area contributed by atoms with Crippen LogP contribution in [0.15, 0.2) is 48.7 Å². The van der Waals surface area contributed by atoms with Gasteiger partial charge in [0.05, 0.1) is 6.34 Å². The fraction of sp³-hybridized carbons (Fsp3) is 0.519. The molecule has 0 aliphatic carbocycles. The third kappa shape index (κ3) is 7.75. The van der Waals surface area contributed by atoms with Crippen molar-refractivity contribution in [3.8, 4) is 0 Å². The summed E-state index contributed by atoms with van der Waals surface area (Å²) in [6.45, 7) is 19.4. The minimum absolute atomic E-state index is 0.196. The Labute approximate surface area is 188 Å². The van der Waals surface area contributed by atoms with E-state index in [1.165, 1.54) is 24.0 Å². The summed E-state index contributed by atoms with van der Waals surface area (Å²) in [6.07, 6.45) is 9.07. The third-order valence-corrected chi connectivity index (χ3v) is 6.35. The van der Waals surface area contributed by atoms with E-state index in [1.807, 2.05) is 17.9 Å². The Morgan fingerprint density at radius 1 is 1.19 bits per heavy atom. The maximum Gasteiger partial charge on any atom is 0.133 e. The van der Waals surface area contributed by atoms with Gasteiger partial charge in [-0.25, -0.2) is 8.78 Å². The van der Waals surface area contributed by atoms with Gasteiger partial charge in [0, 0.05) is 29.3 Å². The second-order valence-corrected chi connectivity index (χ2v) is 9.01. The van der Waals surface area contributed by atoms with E-state index >= 15 is 0 Å². The first-order chi connectivity index (χ1) is 14.6. The molecule has 0 spiro atoms. The van der Waals surface area contributed by atoms with E-state index in [1.54, 1.807) is 0 Å². The lowest BCUT2D eigenvalue weighted by molar-refractivity contribution is 0.217. The molecule has 4 heteroatoms. The SMILES string of the molecule is C=C(C)CCCCCN(C=N)C(=C)C(C)(C)C(CC)C/C(=C\C)c1ccc(F)cc1F. The third-order valence-electron chi connectivity index (χ3n) is 6.35. The van der Waals surface area contributed by atoms with Gasteiger partial charge < -0.3 is 4.90 Å². The van der Waals surface area contributed by atoms with Crippen LogP contribution in [0.4, 0.5) is 8.78 Å². The molecular weight excluding hydrogens is 390 g/mol. The van der Waals surface area contributed by atoms with E-state index in [2.05, 4.69) is 40.9 Å².